The minimum Gasteiger partial charge on any atom is -0.354 e. The quantitative estimate of drug-likeness (QED) is 0.664. The summed E-state index contributed by atoms with van der Waals surface area (Å²) in [5.74, 6) is 0.151. The molecule has 4 heteroatoms. The molecule has 0 saturated heterocycles. The Balaban J connectivity index is 0. The third kappa shape index (κ3) is 7.63. The van der Waals surface area contributed by atoms with Crippen LogP contribution in [0.1, 0.15) is 40.5 Å². The summed E-state index contributed by atoms with van der Waals surface area (Å²) in [4.78, 5) is 11.6. The van der Waals surface area contributed by atoms with Gasteiger partial charge in [0, 0.05) is 18.5 Å². The number of carbonyl (C=O) groups excluding carboxylic acids is 1. The molecule has 3 nitrogen and oxygen atoms in total. The van der Waals surface area contributed by atoms with Gasteiger partial charge in [0.15, 0.2) is 0 Å². The number of hydrogen-bond donors (Lipinski definition) is 2. The maximum atomic E-state index is 11.6. The Hall–Kier alpha value is -0.280. The van der Waals surface area contributed by atoms with Gasteiger partial charge in [0.25, 0.3) is 0 Å². The van der Waals surface area contributed by atoms with Crippen LogP contribution in [-0.4, -0.2) is 25.5 Å². The Labute approximate surface area is 99.8 Å². The van der Waals surface area contributed by atoms with Crippen molar-refractivity contribution >= 4 is 18.3 Å². The zero-order chi connectivity index (χ0) is 11.0. The van der Waals surface area contributed by atoms with Crippen molar-refractivity contribution in [1.82, 2.24) is 10.6 Å². The van der Waals surface area contributed by atoms with E-state index in [0.29, 0.717) is 0 Å². The molecular formula is C11H25ClN2O. The zero-order valence-corrected chi connectivity index (χ0v) is 11.2. The number of carbonyl (C=O) groups is 1. The molecule has 0 unspecified atom stereocenters. The lowest BCUT2D eigenvalue weighted by Crippen LogP contribution is -2.39. The van der Waals surface area contributed by atoms with E-state index in [9.17, 15) is 4.79 Å². The molecule has 0 aliphatic rings. The van der Waals surface area contributed by atoms with Crippen LogP contribution >= 0.6 is 12.4 Å². The molecular weight excluding hydrogens is 212 g/mol. The van der Waals surface area contributed by atoms with Crippen LogP contribution in [0.4, 0.5) is 0 Å². The lowest BCUT2D eigenvalue weighted by Gasteiger charge is -2.21. The molecule has 15 heavy (non-hydrogen) atoms. The fourth-order valence-electron chi connectivity index (χ4n) is 0.966. The number of hydrogen-bond acceptors (Lipinski definition) is 2. The first-order valence-corrected chi connectivity index (χ1v) is 5.53. The highest BCUT2D eigenvalue weighted by molar-refractivity contribution is 5.85. The summed E-state index contributed by atoms with van der Waals surface area (Å²) in [5, 5.41) is 6.18. The van der Waals surface area contributed by atoms with Gasteiger partial charge in [-0.1, -0.05) is 27.7 Å². The van der Waals surface area contributed by atoms with E-state index in [1.165, 1.54) is 0 Å². The highest BCUT2D eigenvalue weighted by atomic mass is 35.5. The van der Waals surface area contributed by atoms with E-state index in [2.05, 4.69) is 17.6 Å². The molecule has 0 atom stereocenters. The van der Waals surface area contributed by atoms with Gasteiger partial charge in [-0.05, 0) is 19.4 Å². The van der Waals surface area contributed by atoms with E-state index in [-0.39, 0.29) is 23.7 Å². The molecule has 0 aliphatic heterocycles. The Morgan fingerprint density at radius 2 is 1.73 bits per heavy atom. The second-order valence-electron chi connectivity index (χ2n) is 4.24. The van der Waals surface area contributed by atoms with Crippen LogP contribution in [0, 0.1) is 5.41 Å². The average Bonchev–Trinajstić information content (AvgIpc) is 2.17. The Kier molecular flexibility index (Phi) is 10.3. The fourth-order valence-corrected chi connectivity index (χ4v) is 0.966. The van der Waals surface area contributed by atoms with E-state index in [4.69, 9.17) is 0 Å². The van der Waals surface area contributed by atoms with Crippen LogP contribution in [0.5, 0.6) is 0 Å². The highest BCUT2D eigenvalue weighted by Gasteiger charge is 2.24. The number of nitrogens with one attached hydrogen (secondary N) is 2. The van der Waals surface area contributed by atoms with Gasteiger partial charge in [0.05, 0.1) is 0 Å². The molecule has 0 radical (unpaired) electrons. The van der Waals surface area contributed by atoms with Gasteiger partial charge in [0.2, 0.25) is 5.91 Å². The van der Waals surface area contributed by atoms with Crippen molar-refractivity contribution in [1.29, 1.82) is 0 Å². The first-order valence-electron chi connectivity index (χ1n) is 5.53. The minimum atomic E-state index is -0.231. The van der Waals surface area contributed by atoms with E-state index in [0.717, 1.165) is 32.5 Å². The molecule has 2 N–H and O–H groups in total. The van der Waals surface area contributed by atoms with Crippen molar-refractivity contribution in [2.45, 2.75) is 40.5 Å². The normalized spacial score (nSPS) is 10.7. The lowest BCUT2D eigenvalue weighted by atomic mass is 9.89. The minimum absolute atomic E-state index is 0. The van der Waals surface area contributed by atoms with Gasteiger partial charge >= 0.3 is 0 Å². The molecule has 0 bridgehead atoms. The van der Waals surface area contributed by atoms with E-state index in [1.807, 2.05) is 20.8 Å². The summed E-state index contributed by atoms with van der Waals surface area (Å²) < 4.78 is 0. The Morgan fingerprint density at radius 1 is 1.13 bits per heavy atom. The van der Waals surface area contributed by atoms with Crippen molar-refractivity contribution in [2.24, 2.45) is 5.41 Å². The van der Waals surface area contributed by atoms with Gasteiger partial charge in [0.1, 0.15) is 0 Å². The van der Waals surface area contributed by atoms with Gasteiger partial charge in [-0.2, -0.15) is 0 Å². The van der Waals surface area contributed by atoms with Crippen LogP contribution in [-0.2, 0) is 4.79 Å². The summed E-state index contributed by atoms with van der Waals surface area (Å²) in [6.45, 7) is 10.7. The maximum Gasteiger partial charge on any atom is 0.225 e. The molecule has 0 aromatic carbocycles. The molecule has 1 amide bonds. The maximum absolute atomic E-state index is 11.6. The average molecular weight is 237 g/mol. The van der Waals surface area contributed by atoms with Crippen LogP contribution in [0.15, 0.2) is 0 Å². The smallest absolute Gasteiger partial charge is 0.225 e. The fraction of sp³-hybridized carbons (Fsp3) is 0.909. The molecule has 0 heterocycles. The van der Waals surface area contributed by atoms with E-state index >= 15 is 0 Å². The van der Waals surface area contributed by atoms with Gasteiger partial charge in [-0.25, -0.2) is 0 Å². The van der Waals surface area contributed by atoms with Crippen LogP contribution < -0.4 is 10.6 Å². The lowest BCUT2D eigenvalue weighted by molar-refractivity contribution is -0.129. The van der Waals surface area contributed by atoms with Crippen molar-refractivity contribution < 1.29 is 4.79 Å². The Morgan fingerprint density at radius 3 is 2.20 bits per heavy atom. The van der Waals surface area contributed by atoms with Crippen molar-refractivity contribution in [3.05, 3.63) is 0 Å². The number of rotatable bonds is 7. The predicted molar refractivity (Wildman–Crippen MR) is 67.5 cm³/mol. The van der Waals surface area contributed by atoms with Gasteiger partial charge in [-0.15, -0.1) is 12.4 Å². The molecule has 0 aliphatic carbocycles. The van der Waals surface area contributed by atoms with Gasteiger partial charge in [-0.3, -0.25) is 4.79 Å². The highest BCUT2D eigenvalue weighted by Crippen LogP contribution is 2.18. The summed E-state index contributed by atoms with van der Waals surface area (Å²) >= 11 is 0. The molecule has 0 aromatic rings. The third-order valence-corrected chi connectivity index (χ3v) is 2.51. The summed E-state index contributed by atoms with van der Waals surface area (Å²) in [6, 6.07) is 0. The van der Waals surface area contributed by atoms with Crippen molar-refractivity contribution in [2.75, 3.05) is 19.6 Å². The van der Waals surface area contributed by atoms with Crippen molar-refractivity contribution in [3.8, 4) is 0 Å². The van der Waals surface area contributed by atoms with E-state index in [1.54, 1.807) is 0 Å². The monoisotopic (exact) mass is 236 g/mol. The van der Waals surface area contributed by atoms with Crippen LogP contribution in [0.3, 0.4) is 0 Å². The second kappa shape index (κ2) is 8.98. The predicted octanol–water partition coefficient (Wildman–Crippen LogP) is 1.96. The molecule has 92 valence electrons. The first-order chi connectivity index (χ1) is 6.54. The van der Waals surface area contributed by atoms with E-state index < -0.39 is 0 Å². The van der Waals surface area contributed by atoms with Gasteiger partial charge < -0.3 is 10.6 Å². The Bertz CT molecular complexity index is 172. The summed E-state index contributed by atoms with van der Waals surface area (Å²) in [5.41, 5.74) is -0.231. The second-order valence-corrected chi connectivity index (χ2v) is 4.24. The molecule has 0 aromatic heterocycles. The SMILES string of the molecule is CCCNCCNC(=O)C(C)(C)CC.Cl. The molecule has 0 fully saturated rings. The number of amides is 1. The molecule has 0 saturated carbocycles. The standard InChI is InChI=1S/C11H24N2O.ClH/c1-5-7-12-8-9-13-10(14)11(3,4)6-2;/h12H,5-9H2,1-4H3,(H,13,14);1H. The third-order valence-electron chi connectivity index (χ3n) is 2.51. The van der Waals surface area contributed by atoms with Crippen LogP contribution in [0.25, 0.3) is 0 Å². The first kappa shape index (κ1) is 17.1. The largest absolute Gasteiger partial charge is 0.354 e. The summed E-state index contributed by atoms with van der Waals surface area (Å²) in [7, 11) is 0. The number of halogens is 1. The zero-order valence-electron chi connectivity index (χ0n) is 10.4. The topological polar surface area (TPSA) is 41.1 Å². The van der Waals surface area contributed by atoms with Crippen molar-refractivity contribution in [3.63, 3.8) is 0 Å². The molecule has 0 rings (SSSR count). The molecule has 0 spiro atoms. The summed E-state index contributed by atoms with van der Waals surface area (Å²) in [6.07, 6.45) is 2.01. The van der Waals surface area contributed by atoms with Crippen LogP contribution in [0.2, 0.25) is 0 Å².